The van der Waals surface area contributed by atoms with Crippen molar-refractivity contribution in [3.63, 3.8) is 0 Å². The van der Waals surface area contributed by atoms with Gasteiger partial charge in [-0.05, 0) is 61.4 Å². The van der Waals surface area contributed by atoms with Crippen LogP contribution in [-0.4, -0.2) is 116 Å². The first kappa shape index (κ1) is 37.9. The van der Waals surface area contributed by atoms with Crippen LogP contribution in [0.2, 0.25) is 0 Å². The van der Waals surface area contributed by atoms with Crippen molar-refractivity contribution in [2.24, 2.45) is 11.3 Å². The maximum Gasteiger partial charge on any atom is 0.344 e. The van der Waals surface area contributed by atoms with Gasteiger partial charge in [0.2, 0.25) is 5.60 Å². The van der Waals surface area contributed by atoms with Crippen LogP contribution < -0.4 is 9.64 Å². The van der Waals surface area contributed by atoms with Gasteiger partial charge in [-0.2, -0.15) is 0 Å². The van der Waals surface area contributed by atoms with Crippen LogP contribution in [0.1, 0.15) is 68.8 Å². The Morgan fingerprint density at radius 2 is 1.77 bits per heavy atom. The van der Waals surface area contributed by atoms with E-state index in [1.54, 1.807) is 7.11 Å². The predicted molar refractivity (Wildman–Crippen MR) is 214 cm³/mol. The van der Waals surface area contributed by atoms with E-state index < -0.39 is 45.9 Å². The number of hydrogen-bond donors (Lipinski definition) is 2. The van der Waals surface area contributed by atoms with Gasteiger partial charge in [-0.1, -0.05) is 55.8 Å². The molecule has 302 valence electrons. The Kier molecular flexibility index (Phi) is 8.77. The molecule has 9 atom stereocenters. The third-order valence-electron chi connectivity index (χ3n) is 14.8. The normalized spacial score (nSPS) is 34.9. The van der Waals surface area contributed by atoms with Crippen molar-refractivity contribution in [3.8, 4) is 5.75 Å². The van der Waals surface area contributed by atoms with Crippen molar-refractivity contribution < 1.29 is 38.4 Å². The smallest absolute Gasteiger partial charge is 0.344 e. The third kappa shape index (κ3) is 4.80. The average Bonchev–Trinajstić information content (AvgIpc) is 3.87. The highest BCUT2D eigenvalue weighted by Gasteiger charge is 2.80. The standard InChI is InChI=1S/C45H54N4O8/c1-8-27-19-28-22-44(40(51)55-6,36-30(25-48(23-27)24-28)29-13-10-11-14-33(29)46-36)32-20-31-34(21-35(32)54-5)47(4)38-43(31)16-18-49-17-12-15-42(9-2,37(43)49)39(57-26(3)50)45(38,53)41(52)56-7/h10-15,19-21,28,37-39,46,53H,8-9,16-18,22-25H2,1-7H3/t28-,37-,38?,39+,42+,43+,44-,45-/m0/s1. The lowest BCUT2D eigenvalue weighted by Gasteiger charge is -2.63. The Balaban J connectivity index is 1.37. The van der Waals surface area contributed by atoms with Crippen LogP contribution in [0.15, 0.2) is 60.2 Å². The van der Waals surface area contributed by atoms with Crippen LogP contribution in [-0.2, 0) is 46.0 Å². The highest BCUT2D eigenvalue weighted by molar-refractivity contribution is 5.95. The summed E-state index contributed by atoms with van der Waals surface area (Å²) in [7, 11) is 6.22. The summed E-state index contributed by atoms with van der Waals surface area (Å²) < 4.78 is 23.9. The molecule has 6 heterocycles. The lowest BCUT2D eigenvalue weighted by molar-refractivity contribution is -0.228. The maximum absolute atomic E-state index is 15.2. The topological polar surface area (TPSA) is 134 Å². The molecule has 3 aromatic rings. The molecule has 1 unspecified atom stereocenters. The van der Waals surface area contributed by atoms with Crippen molar-refractivity contribution in [1.29, 1.82) is 0 Å². The van der Waals surface area contributed by atoms with Gasteiger partial charge >= 0.3 is 17.9 Å². The van der Waals surface area contributed by atoms with E-state index in [1.165, 1.54) is 26.7 Å². The van der Waals surface area contributed by atoms with Gasteiger partial charge in [0.25, 0.3) is 0 Å². The van der Waals surface area contributed by atoms with Crippen LogP contribution >= 0.6 is 0 Å². The second-order valence-electron chi connectivity index (χ2n) is 17.2. The number of esters is 3. The summed E-state index contributed by atoms with van der Waals surface area (Å²) in [6, 6.07) is 11.2. The zero-order chi connectivity index (χ0) is 40.2. The number of aromatic amines is 1. The number of H-pyrrole nitrogens is 1. The van der Waals surface area contributed by atoms with E-state index in [-0.39, 0.29) is 17.9 Å². The summed E-state index contributed by atoms with van der Waals surface area (Å²) in [5, 5.41) is 14.4. The highest BCUT2D eigenvalue weighted by atomic mass is 16.6. The summed E-state index contributed by atoms with van der Waals surface area (Å²) in [6.07, 6.45) is 7.67. The van der Waals surface area contributed by atoms with E-state index in [9.17, 15) is 14.7 Å². The number of carbonyl (C=O) groups is 3. The fraction of sp³-hybridized carbons (Fsp3) is 0.533. The van der Waals surface area contributed by atoms with Crippen LogP contribution in [0.3, 0.4) is 0 Å². The molecule has 0 amide bonds. The fourth-order valence-corrected chi connectivity index (χ4v) is 12.8. The minimum absolute atomic E-state index is 0.0284. The van der Waals surface area contributed by atoms with Gasteiger partial charge in [-0.3, -0.25) is 19.4 Å². The molecular weight excluding hydrogens is 725 g/mol. The molecule has 1 saturated carbocycles. The molecule has 1 aromatic heterocycles. The number of nitrogens with zero attached hydrogens (tertiary/aromatic N) is 3. The monoisotopic (exact) mass is 778 g/mol. The number of aromatic nitrogens is 1. The average molecular weight is 779 g/mol. The number of nitrogens with one attached hydrogen (secondary N) is 1. The minimum Gasteiger partial charge on any atom is -0.496 e. The number of methoxy groups -OCH3 is 3. The van der Waals surface area contributed by atoms with Crippen LogP contribution in [0, 0.1) is 11.3 Å². The number of carbonyl (C=O) groups excluding carboxylic acids is 3. The molecule has 9 rings (SSSR count). The van der Waals surface area contributed by atoms with Gasteiger partial charge in [0.05, 0.1) is 27.4 Å². The molecular formula is C45H54N4O8. The zero-order valence-corrected chi connectivity index (χ0v) is 34.0. The number of para-hydroxylation sites is 1. The number of benzene rings is 2. The van der Waals surface area contributed by atoms with E-state index in [0.717, 1.165) is 52.9 Å². The molecule has 2 N–H and O–H groups in total. The number of anilines is 1. The van der Waals surface area contributed by atoms with Gasteiger partial charge in [-0.25, -0.2) is 4.79 Å². The number of ether oxygens (including phenoxy) is 4. The molecule has 57 heavy (non-hydrogen) atoms. The Labute approximate surface area is 333 Å². The third-order valence-corrected chi connectivity index (χ3v) is 14.8. The summed E-state index contributed by atoms with van der Waals surface area (Å²) in [4.78, 5) is 53.1. The first-order valence-corrected chi connectivity index (χ1v) is 20.3. The lowest BCUT2D eigenvalue weighted by Crippen LogP contribution is -2.81. The molecule has 12 nitrogen and oxygen atoms in total. The molecule has 2 fully saturated rings. The van der Waals surface area contributed by atoms with Crippen LogP contribution in [0.4, 0.5) is 5.69 Å². The van der Waals surface area contributed by atoms with Gasteiger partial charge in [0, 0.05) is 90.9 Å². The van der Waals surface area contributed by atoms with Gasteiger partial charge < -0.3 is 33.9 Å². The molecule has 1 aliphatic carbocycles. The fourth-order valence-electron chi connectivity index (χ4n) is 12.8. The quantitative estimate of drug-likeness (QED) is 0.196. The number of fused-ring (bicyclic) bond motifs is 6. The molecule has 1 saturated heterocycles. The SMILES string of the molecule is CCC1=C[C@@H]2C[N@](C1)Cc1c([nH]c3ccccc13)[C@@](C(=O)OC)(c1cc3c(cc1OC)N(C)C1[C@]34CCN3CC=C[C@@](CC)([C@@H](OC(C)=O)[C@]1(O)C(=O)OC)[C@H]34)C2. The van der Waals surface area contributed by atoms with Crippen LogP contribution in [0.5, 0.6) is 5.75 Å². The molecule has 2 aromatic carbocycles. The van der Waals surface area contributed by atoms with Crippen molar-refractivity contribution in [2.75, 3.05) is 59.5 Å². The first-order chi connectivity index (χ1) is 27.4. The second kappa shape index (κ2) is 13.2. The van der Waals surface area contributed by atoms with Gasteiger partial charge in [0.15, 0.2) is 6.10 Å². The Morgan fingerprint density at radius 3 is 2.47 bits per heavy atom. The summed E-state index contributed by atoms with van der Waals surface area (Å²) in [6.45, 7) is 9.19. The van der Waals surface area contributed by atoms with Gasteiger partial charge in [-0.15, -0.1) is 0 Å². The molecule has 0 radical (unpaired) electrons. The van der Waals surface area contributed by atoms with Crippen molar-refractivity contribution in [3.05, 3.63) is 82.6 Å². The zero-order valence-electron chi connectivity index (χ0n) is 34.0. The molecule has 12 heteroatoms. The number of likely N-dealkylation sites (N-methyl/N-ethyl adjacent to an activating group) is 1. The van der Waals surface area contributed by atoms with Crippen molar-refractivity contribution >= 4 is 34.5 Å². The van der Waals surface area contributed by atoms with E-state index in [0.29, 0.717) is 50.2 Å². The predicted octanol–water partition coefficient (Wildman–Crippen LogP) is 4.75. The highest BCUT2D eigenvalue weighted by Crippen LogP contribution is 2.68. The van der Waals surface area contributed by atoms with E-state index in [2.05, 4.69) is 58.1 Å². The number of hydrogen-bond acceptors (Lipinski definition) is 11. The summed E-state index contributed by atoms with van der Waals surface area (Å²) >= 11 is 0. The van der Waals surface area contributed by atoms with Crippen molar-refractivity contribution in [1.82, 2.24) is 14.8 Å². The Morgan fingerprint density at radius 1 is 1.00 bits per heavy atom. The molecule has 6 aliphatic rings. The minimum atomic E-state index is -2.27. The molecule has 5 aliphatic heterocycles. The summed E-state index contributed by atoms with van der Waals surface area (Å²) in [5.74, 6) is -1.31. The Bertz CT molecular complexity index is 2250. The van der Waals surface area contributed by atoms with Gasteiger partial charge in [0.1, 0.15) is 11.2 Å². The lowest BCUT2D eigenvalue weighted by atomic mass is 9.47. The first-order valence-electron chi connectivity index (χ1n) is 20.3. The maximum atomic E-state index is 15.2. The molecule has 1 spiro atoms. The number of aliphatic hydroxyl groups is 1. The van der Waals surface area contributed by atoms with Crippen LogP contribution in [0.25, 0.3) is 10.9 Å². The molecule has 2 bridgehead atoms. The van der Waals surface area contributed by atoms with E-state index in [1.807, 2.05) is 37.1 Å². The largest absolute Gasteiger partial charge is 0.496 e. The second-order valence-corrected chi connectivity index (χ2v) is 17.2. The Hall–Kier alpha value is -4.65. The van der Waals surface area contributed by atoms with Crippen molar-refractivity contribution in [2.45, 2.75) is 87.6 Å². The van der Waals surface area contributed by atoms with E-state index in [4.69, 9.17) is 18.9 Å². The number of rotatable bonds is 7. The van der Waals surface area contributed by atoms with E-state index >= 15 is 4.79 Å². The summed E-state index contributed by atoms with van der Waals surface area (Å²) in [5.41, 5.74) is 1.05.